The Balaban J connectivity index is 1.75. The maximum absolute atomic E-state index is 13.6. The second-order valence-electron chi connectivity index (χ2n) is 7.55. The van der Waals surface area contributed by atoms with Crippen molar-refractivity contribution in [2.75, 3.05) is 23.9 Å². The zero-order valence-electron chi connectivity index (χ0n) is 18.7. The first kappa shape index (κ1) is 23.6. The SMILES string of the molecule is CCOc1ccc(N2C(=O)Nc3ccc(Br)cc3[C@@]2(O)C(=O)NCc2ccccc2OC)cc1. The molecule has 0 saturated heterocycles. The Labute approximate surface area is 205 Å². The Morgan fingerprint density at radius 1 is 1.15 bits per heavy atom. The fourth-order valence-corrected chi connectivity index (χ4v) is 4.25. The summed E-state index contributed by atoms with van der Waals surface area (Å²) in [4.78, 5) is 27.8. The number of nitrogens with zero attached hydrogens (tertiary/aromatic N) is 1. The molecule has 0 aromatic heterocycles. The van der Waals surface area contributed by atoms with Crippen molar-refractivity contribution in [3.05, 3.63) is 82.3 Å². The molecule has 0 aliphatic carbocycles. The standard InChI is InChI=1S/C25H24BrN3O5/c1-3-34-19-11-9-18(10-12-19)29-24(31)28-21-13-8-17(26)14-20(21)25(29,32)23(30)27-15-16-6-4-5-7-22(16)33-2/h4-14,32H,3,15H2,1-2H3,(H,27,30)(H,28,31)/t25-/m1/s1. The number of hydrogen-bond donors (Lipinski definition) is 3. The molecule has 34 heavy (non-hydrogen) atoms. The number of para-hydroxylation sites is 1. The summed E-state index contributed by atoms with van der Waals surface area (Å²) in [6.07, 6.45) is 0. The second-order valence-corrected chi connectivity index (χ2v) is 8.46. The van der Waals surface area contributed by atoms with Crippen LogP contribution < -0.4 is 25.0 Å². The molecule has 1 aliphatic heterocycles. The molecule has 3 aromatic rings. The van der Waals surface area contributed by atoms with E-state index in [1.165, 1.54) is 0 Å². The molecule has 8 nitrogen and oxygen atoms in total. The third-order valence-electron chi connectivity index (χ3n) is 5.48. The lowest BCUT2D eigenvalue weighted by Gasteiger charge is -2.42. The van der Waals surface area contributed by atoms with Gasteiger partial charge in [-0.25, -0.2) is 4.79 Å². The highest BCUT2D eigenvalue weighted by molar-refractivity contribution is 9.10. The molecule has 0 fully saturated rings. The Bertz CT molecular complexity index is 1220. The summed E-state index contributed by atoms with van der Waals surface area (Å²) in [7, 11) is 1.54. The minimum atomic E-state index is -2.32. The highest BCUT2D eigenvalue weighted by atomic mass is 79.9. The number of aliphatic hydroxyl groups is 1. The van der Waals surface area contributed by atoms with E-state index in [1.54, 1.807) is 55.6 Å². The molecule has 0 radical (unpaired) electrons. The predicted octanol–water partition coefficient (Wildman–Crippen LogP) is 4.37. The normalized spacial score (nSPS) is 16.9. The van der Waals surface area contributed by atoms with Gasteiger partial charge in [0.1, 0.15) is 11.5 Å². The molecular formula is C25H24BrN3O5. The second kappa shape index (κ2) is 9.74. The number of methoxy groups -OCH3 is 1. The highest BCUT2D eigenvalue weighted by Crippen LogP contribution is 2.41. The summed E-state index contributed by atoms with van der Waals surface area (Å²) in [5.41, 5.74) is -0.708. The molecule has 0 saturated carbocycles. The predicted molar refractivity (Wildman–Crippen MR) is 132 cm³/mol. The van der Waals surface area contributed by atoms with Crippen LogP contribution in [-0.4, -0.2) is 30.8 Å². The number of benzene rings is 3. The first-order valence-electron chi connectivity index (χ1n) is 10.6. The summed E-state index contributed by atoms with van der Waals surface area (Å²) in [5, 5.41) is 17.5. The van der Waals surface area contributed by atoms with Gasteiger partial charge >= 0.3 is 6.03 Å². The van der Waals surface area contributed by atoms with Crippen LogP contribution in [0.2, 0.25) is 0 Å². The van der Waals surface area contributed by atoms with Crippen LogP contribution >= 0.6 is 15.9 Å². The fraction of sp³-hybridized carbons (Fsp3) is 0.200. The number of amides is 3. The topological polar surface area (TPSA) is 100 Å². The molecule has 9 heteroatoms. The van der Waals surface area contributed by atoms with Crippen LogP contribution in [0.4, 0.5) is 16.2 Å². The average molecular weight is 526 g/mol. The number of anilines is 2. The maximum Gasteiger partial charge on any atom is 0.329 e. The Morgan fingerprint density at radius 3 is 2.59 bits per heavy atom. The molecule has 1 aliphatic rings. The van der Waals surface area contributed by atoms with Gasteiger partial charge in [-0.15, -0.1) is 0 Å². The first-order chi connectivity index (χ1) is 16.4. The molecule has 3 N–H and O–H groups in total. The number of rotatable bonds is 7. The van der Waals surface area contributed by atoms with Crippen LogP contribution in [-0.2, 0) is 17.1 Å². The number of urea groups is 1. The van der Waals surface area contributed by atoms with E-state index in [0.717, 1.165) is 10.5 Å². The monoisotopic (exact) mass is 525 g/mol. The van der Waals surface area contributed by atoms with Gasteiger partial charge in [0.05, 0.1) is 19.4 Å². The molecule has 4 rings (SSSR count). The van der Waals surface area contributed by atoms with Crippen LogP contribution in [0, 0.1) is 0 Å². The number of hydrogen-bond acceptors (Lipinski definition) is 5. The summed E-state index contributed by atoms with van der Waals surface area (Å²) in [5.74, 6) is 0.445. The lowest BCUT2D eigenvalue weighted by molar-refractivity contribution is -0.140. The van der Waals surface area contributed by atoms with Crippen molar-refractivity contribution in [3.63, 3.8) is 0 Å². The zero-order valence-corrected chi connectivity index (χ0v) is 20.3. The summed E-state index contributed by atoms with van der Waals surface area (Å²) >= 11 is 3.40. The molecular weight excluding hydrogens is 502 g/mol. The Hall–Kier alpha value is -3.56. The minimum absolute atomic E-state index is 0.0905. The van der Waals surface area contributed by atoms with Gasteiger partial charge in [0, 0.05) is 27.8 Å². The van der Waals surface area contributed by atoms with Crippen molar-refractivity contribution in [2.24, 2.45) is 0 Å². The van der Waals surface area contributed by atoms with Crippen LogP contribution in [0.3, 0.4) is 0 Å². The van der Waals surface area contributed by atoms with E-state index in [0.29, 0.717) is 34.0 Å². The summed E-state index contributed by atoms with van der Waals surface area (Å²) in [6.45, 7) is 2.44. The molecule has 0 spiro atoms. The van der Waals surface area contributed by atoms with E-state index >= 15 is 0 Å². The van der Waals surface area contributed by atoms with Crippen molar-refractivity contribution >= 4 is 39.2 Å². The molecule has 1 heterocycles. The third-order valence-corrected chi connectivity index (χ3v) is 5.97. The van der Waals surface area contributed by atoms with Crippen molar-refractivity contribution in [3.8, 4) is 11.5 Å². The van der Waals surface area contributed by atoms with Crippen molar-refractivity contribution in [2.45, 2.75) is 19.2 Å². The highest BCUT2D eigenvalue weighted by Gasteiger charge is 2.52. The number of carbonyl (C=O) groups is 2. The van der Waals surface area contributed by atoms with Crippen LogP contribution in [0.5, 0.6) is 11.5 Å². The Morgan fingerprint density at radius 2 is 1.88 bits per heavy atom. The van der Waals surface area contributed by atoms with Gasteiger partial charge in [-0.3, -0.25) is 9.69 Å². The first-order valence-corrected chi connectivity index (χ1v) is 11.4. The minimum Gasteiger partial charge on any atom is -0.496 e. The van der Waals surface area contributed by atoms with E-state index in [-0.39, 0.29) is 12.1 Å². The molecule has 3 amide bonds. The number of nitrogens with one attached hydrogen (secondary N) is 2. The maximum atomic E-state index is 13.6. The molecule has 3 aromatic carbocycles. The fourth-order valence-electron chi connectivity index (χ4n) is 3.89. The summed E-state index contributed by atoms with van der Waals surface area (Å²) < 4.78 is 11.5. The lowest BCUT2D eigenvalue weighted by Crippen LogP contribution is -2.62. The van der Waals surface area contributed by atoms with E-state index in [2.05, 4.69) is 26.6 Å². The number of halogens is 1. The quantitative estimate of drug-likeness (QED) is 0.425. The molecule has 176 valence electrons. The van der Waals surface area contributed by atoms with Gasteiger partial charge in [0.15, 0.2) is 0 Å². The van der Waals surface area contributed by atoms with E-state index in [9.17, 15) is 14.7 Å². The van der Waals surface area contributed by atoms with Gasteiger partial charge in [-0.1, -0.05) is 34.1 Å². The Kier molecular flexibility index (Phi) is 6.76. The van der Waals surface area contributed by atoms with E-state index < -0.39 is 17.7 Å². The largest absolute Gasteiger partial charge is 0.496 e. The zero-order chi connectivity index (χ0) is 24.3. The van der Waals surface area contributed by atoms with Gasteiger partial charge in [0.2, 0.25) is 0 Å². The van der Waals surface area contributed by atoms with Gasteiger partial charge in [0.25, 0.3) is 11.6 Å². The molecule has 0 unspecified atom stereocenters. The van der Waals surface area contributed by atoms with Gasteiger partial charge < -0.3 is 25.2 Å². The van der Waals surface area contributed by atoms with Crippen molar-refractivity contribution in [1.82, 2.24) is 5.32 Å². The van der Waals surface area contributed by atoms with Gasteiger partial charge in [-0.05, 0) is 55.5 Å². The number of fused-ring (bicyclic) bond motifs is 1. The molecule has 0 bridgehead atoms. The lowest BCUT2D eigenvalue weighted by atomic mass is 9.94. The third kappa shape index (κ3) is 4.32. The number of carbonyl (C=O) groups excluding carboxylic acids is 2. The van der Waals surface area contributed by atoms with Crippen LogP contribution in [0.15, 0.2) is 71.2 Å². The summed E-state index contributed by atoms with van der Waals surface area (Å²) in [6, 6.07) is 18.1. The van der Waals surface area contributed by atoms with Crippen LogP contribution in [0.25, 0.3) is 0 Å². The van der Waals surface area contributed by atoms with Gasteiger partial charge in [-0.2, -0.15) is 0 Å². The smallest absolute Gasteiger partial charge is 0.329 e. The number of ether oxygens (including phenoxy) is 2. The molecule has 1 atom stereocenters. The average Bonchev–Trinajstić information content (AvgIpc) is 2.84. The van der Waals surface area contributed by atoms with Crippen LogP contribution in [0.1, 0.15) is 18.1 Å². The van der Waals surface area contributed by atoms with Crippen molar-refractivity contribution < 1.29 is 24.2 Å². The van der Waals surface area contributed by atoms with E-state index in [4.69, 9.17) is 9.47 Å². The van der Waals surface area contributed by atoms with Crippen molar-refractivity contribution in [1.29, 1.82) is 0 Å². The van der Waals surface area contributed by atoms with E-state index in [1.807, 2.05) is 25.1 Å².